The van der Waals surface area contributed by atoms with Crippen molar-refractivity contribution in [3.8, 4) is 0 Å². The number of aliphatic hydroxyl groups excluding tert-OH is 1. The molecule has 1 aliphatic rings. The highest BCUT2D eigenvalue weighted by Gasteiger charge is 2.16. The lowest BCUT2D eigenvalue weighted by Gasteiger charge is -2.23. The number of rotatable bonds is 2. The molecule has 0 aliphatic carbocycles. The first kappa shape index (κ1) is 8.49. The fourth-order valence-electron chi connectivity index (χ4n) is 1.33. The van der Waals surface area contributed by atoms with Gasteiger partial charge in [-0.05, 0) is 19.4 Å². The summed E-state index contributed by atoms with van der Waals surface area (Å²) >= 11 is 0. The summed E-state index contributed by atoms with van der Waals surface area (Å²) in [5, 5.41) is 21.8. The van der Waals surface area contributed by atoms with Gasteiger partial charge in [-0.15, -0.1) is 0 Å². The van der Waals surface area contributed by atoms with E-state index < -0.39 is 0 Å². The summed E-state index contributed by atoms with van der Waals surface area (Å²) < 4.78 is 0. The Morgan fingerprint density at radius 1 is 1.73 bits per heavy atom. The topological polar surface area (TPSA) is 68.1 Å². The highest BCUT2D eigenvalue weighted by atomic mass is 16.3. The third-order valence-corrected chi connectivity index (χ3v) is 1.97. The molecule has 0 amide bonds. The predicted molar refractivity (Wildman–Crippen MR) is 43.5 cm³/mol. The van der Waals surface area contributed by atoms with E-state index in [-0.39, 0.29) is 12.6 Å². The van der Waals surface area contributed by atoms with E-state index in [9.17, 15) is 0 Å². The standard InChI is InChI=1S/C7H15N3O/c8-7(10-5-11)6-2-1-3-9-4-6/h6,9,11H,1-5H2,(H2,8,10). The summed E-state index contributed by atoms with van der Waals surface area (Å²) in [4.78, 5) is 0. The van der Waals surface area contributed by atoms with Crippen LogP contribution < -0.4 is 10.6 Å². The van der Waals surface area contributed by atoms with Crippen LogP contribution in [0.15, 0.2) is 0 Å². The first-order valence-electron chi connectivity index (χ1n) is 3.98. The molecule has 0 radical (unpaired) electrons. The maximum absolute atomic E-state index is 8.49. The Bertz CT molecular complexity index is 132. The van der Waals surface area contributed by atoms with Crippen LogP contribution >= 0.6 is 0 Å². The number of amidine groups is 1. The van der Waals surface area contributed by atoms with Gasteiger partial charge < -0.3 is 15.7 Å². The van der Waals surface area contributed by atoms with Gasteiger partial charge in [0, 0.05) is 12.5 Å². The maximum Gasteiger partial charge on any atom is 0.114 e. The molecular weight excluding hydrogens is 142 g/mol. The van der Waals surface area contributed by atoms with Crippen molar-refractivity contribution in [1.29, 1.82) is 5.41 Å². The van der Waals surface area contributed by atoms with Crippen LogP contribution in [0.3, 0.4) is 0 Å². The molecule has 0 aromatic heterocycles. The van der Waals surface area contributed by atoms with Crippen LogP contribution in [0.1, 0.15) is 12.8 Å². The van der Waals surface area contributed by atoms with E-state index in [1.807, 2.05) is 0 Å². The summed E-state index contributed by atoms with van der Waals surface area (Å²) in [7, 11) is 0. The Labute approximate surface area is 66.5 Å². The Morgan fingerprint density at radius 3 is 3.09 bits per heavy atom. The molecule has 1 rings (SSSR count). The zero-order valence-corrected chi connectivity index (χ0v) is 6.56. The molecule has 1 heterocycles. The van der Waals surface area contributed by atoms with Gasteiger partial charge in [0.25, 0.3) is 0 Å². The third kappa shape index (κ3) is 2.48. The van der Waals surface area contributed by atoms with Gasteiger partial charge in [-0.25, -0.2) is 0 Å². The van der Waals surface area contributed by atoms with Crippen LogP contribution in [0.2, 0.25) is 0 Å². The molecule has 0 spiro atoms. The largest absolute Gasteiger partial charge is 0.377 e. The molecule has 1 atom stereocenters. The van der Waals surface area contributed by atoms with Gasteiger partial charge in [0.1, 0.15) is 6.73 Å². The molecule has 11 heavy (non-hydrogen) atoms. The van der Waals surface area contributed by atoms with E-state index in [2.05, 4.69) is 10.6 Å². The van der Waals surface area contributed by atoms with Crippen molar-refractivity contribution in [2.45, 2.75) is 12.8 Å². The summed E-state index contributed by atoms with van der Waals surface area (Å²) in [6.45, 7) is 1.80. The molecule has 0 bridgehead atoms. The van der Waals surface area contributed by atoms with Crippen molar-refractivity contribution in [1.82, 2.24) is 10.6 Å². The fraction of sp³-hybridized carbons (Fsp3) is 0.857. The van der Waals surface area contributed by atoms with Gasteiger partial charge in [0.15, 0.2) is 0 Å². The van der Waals surface area contributed by atoms with Crippen LogP contribution in [0.25, 0.3) is 0 Å². The van der Waals surface area contributed by atoms with E-state index in [4.69, 9.17) is 10.5 Å². The van der Waals surface area contributed by atoms with E-state index in [0.717, 1.165) is 25.9 Å². The first-order valence-corrected chi connectivity index (χ1v) is 3.98. The second kappa shape index (κ2) is 4.31. The van der Waals surface area contributed by atoms with Crippen LogP contribution in [0.4, 0.5) is 0 Å². The lowest BCUT2D eigenvalue weighted by molar-refractivity contribution is 0.281. The van der Waals surface area contributed by atoms with Gasteiger partial charge in [-0.2, -0.15) is 0 Å². The number of hydrogen-bond donors (Lipinski definition) is 4. The minimum Gasteiger partial charge on any atom is -0.377 e. The Balaban J connectivity index is 2.27. The average Bonchev–Trinajstić information content (AvgIpc) is 2.07. The molecule has 1 fully saturated rings. The van der Waals surface area contributed by atoms with Crippen molar-refractivity contribution in [2.24, 2.45) is 5.92 Å². The smallest absolute Gasteiger partial charge is 0.114 e. The Morgan fingerprint density at radius 2 is 2.55 bits per heavy atom. The minimum absolute atomic E-state index is 0.130. The number of aliphatic hydroxyl groups is 1. The van der Waals surface area contributed by atoms with Crippen molar-refractivity contribution < 1.29 is 5.11 Å². The summed E-state index contributed by atoms with van der Waals surface area (Å²) in [5.74, 6) is 0.732. The molecule has 64 valence electrons. The predicted octanol–water partition coefficient (Wildman–Crippen LogP) is -0.497. The highest BCUT2D eigenvalue weighted by molar-refractivity contribution is 5.81. The Kier molecular flexibility index (Phi) is 3.32. The van der Waals surface area contributed by atoms with E-state index in [1.165, 1.54) is 0 Å². The molecule has 4 N–H and O–H groups in total. The van der Waals surface area contributed by atoms with Gasteiger partial charge in [0.05, 0.1) is 5.84 Å². The van der Waals surface area contributed by atoms with Crippen molar-refractivity contribution in [3.05, 3.63) is 0 Å². The van der Waals surface area contributed by atoms with Crippen molar-refractivity contribution in [3.63, 3.8) is 0 Å². The van der Waals surface area contributed by atoms with E-state index >= 15 is 0 Å². The maximum atomic E-state index is 8.49. The third-order valence-electron chi connectivity index (χ3n) is 1.97. The second-order valence-corrected chi connectivity index (χ2v) is 2.79. The lowest BCUT2D eigenvalue weighted by Crippen LogP contribution is -2.40. The van der Waals surface area contributed by atoms with Crippen LogP contribution in [-0.4, -0.2) is 30.8 Å². The minimum atomic E-state index is -0.130. The van der Waals surface area contributed by atoms with Crippen molar-refractivity contribution in [2.75, 3.05) is 19.8 Å². The summed E-state index contributed by atoms with van der Waals surface area (Å²) in [6, 6.07) is 0. The Hall–Kier alpha value is -0.610. The van der Waals surface area contributed by atoms with E-state index in [1.54, 1.807) is 0 Å². The molecule has 1 unspecified atom stereocenters. The quantitative estimate of drug-likeness (QED) is 0.248. The van der Waals surface area contributed by atoms with Crippen LogP contribution in [0, 0.1) is 11.3 Å². The summed E-state index contributed by atoms with van der Waals surface area (Å²) in [6.07, 6.45) is 2.18. The zero-order chi connectivity index (χ0) is 8.10. The van der Waals surface area contributed by atoms with Crippen LogP contribution in [-0.2, 0) is 0 Å². The second-order valence-electron chi connectivity index (χ2n) is 2.79. The molecule has 1 saturated heterocycles. The summed E-state index contributed by atoms with van der Waals surface area (Å²) in [5.41, 5.74) is 0. The number of piperidine rings is 1. The zero-order valence-electron chi connectivity index (χ0n) is 6.56. The van der Waals surface area contributed by atoms with Gasteiger partial charge in [-0.3, -0.25) is 5.41 Å². The normalized spacial score (nSPS) is 24.6. The molecular formula is C7H15N3O. The number of nitrogens with one attached hydrogen (secondary N) is 3. The van der Waals surface area contributed by atoms with Crippen LogP contribution in [0.5, 0.6) is 0 Å². The highest BCUT2D eigenvalue weighted by Crippen LogP contribution is 2.09. The van der Waals surface area contributed by atoms with Gasteiger partial charge in [-0.1, -0.05) is 0 Å². The molecule has 1 aliphatic heterocycles. The molecule has 4 heteroatoms. The molecule has 4 nitrogen and oxygen atoms in total. The number of hydrogen-bond acceptors (Lipinski definition) is 3. The molecule has 0 saturated carbocycles. The fourth-order valence-corrected chi connectivity index (χ4v) is 1.33. The molecule has 0 aromatic rings. The van der Waals surface area contributed by atoms with Gasteiger partial charge in [0.2, 0.25) is 0 Å². The molecule has 0 aromatic carbocycles. The average molecular weight is 157 g/mol. The SMILES string of the molecule is N=C(NCO)C1CCCNC1. The van der Waals surface area contributed by atoms with E-state index in [0.29, 0.717) is 5.84 Å². The lowest BCUT2D eigenvalue weighted by atomic mass is 9.98. The van der Waals surface area contributed by atoms with Gasteiger partial charge >= 0.3 is 0 Å². The monoisotopic (exact) mass is 157 g/mol. The first-order chi connectivity index (χ1) is 5.34. The van der Waals surface area contributed by atoms with Crippen molar-refractivity contribution >= 4 is 5.84 Å².